The minimum atomic E-state index is -0.723. The predicted molar refractivity (Wildman–Crippen MR) is 203 cm³/mol. The number of imidazole rings is 1. The Bertz CT molecular complexity index is 1700. The maximum atomic E-state index is 13.8. The molecule has 1 N–H and O–H groups in total. The molecule has 1 fully saturated rings. The molecule has 0 unspecified atom stereocenters. The number of nitrogens with zero attached hydrogens (tertiary/aromatic N) is 3. The van der Waals surface area contributed by atoms with E-state index in [1.54, 1.807) is 6.07 Å². The van der Waals surface area contributed by atoms with Crippen LogP contribution >= 0.6 is 0 Å². The molecule has 8 heteroatoms. The van der Waals surface area contributed by atoms with Gasteiger partial charge in [0.25, 0.3) is 0 Å². The number of para-hydroxylation sites is 1. The maximum Gasteiger partial charge on any atom is 0.514 e. The third kappa shape index (κ3) is 9.89. The van der Waals surface area contributed by atoms with Crippen molar-refractivity contribution in [2.45, 2.75) is 130 Å². The molecule has 0 radical (unpaired) electrons. The number of benzene rings is 3. The van der Waals surface area contributed by atoms with Gasteiger partial charge in [-0.25, -0.2) is 14.6 Å². The molecule has 8 nitrogen and oxygen atoms in total. The van der Waals surface area contributed by atoms with E-state index >= 15 is 0 Å². The summed E-state index contributed by atoms with van der Waals surface area (Å²) in [7, 11) is 0. The van der Waals surface area contributed by atoms with Crippen molar-refractivity contribution in [2.75, 3.05) is 11.4 Å². The number of carbonyl (C=O) groups excluding carboxylic acids is 2. The molecular weight excluding hydrogens is 624 g/mol. The number of urea groups is 1. The van der Waals surface area contributed by atoms with Gasteiger partial charge in [0, 0.05) is 36.8 Å². The number of hydrogen-bond acceptors (Lipinski definition) is 5. The zero-order valence-corrected chi connectivity index (χ0v) is 30.8. The van der Waals surface area contributed by atoms with Crippen LogP contribution in [-0.2, 0) is 17.7 Å². The van der Waals surface area contributed by atoms with Crippen LogP contribution in [0.4, 0.5) is 15.3 Å². The molecule has 268 valence electrons. The number of rotatable bonds is 14. The number of carbonyl (C=O) groups is 2. The molecule has 0 atom stereocenters. The second-order valence-corrected chi connectivity index (χ2v) is 14.6. The lowest BCUT2D eigenvalue weighted by Crippen LogP contribution is -2.47. The monoisotopic (exact) mass is 680 g/mol. The maximum absolute atomic E-state index is 13.8. The van der Waals surface area contributed by atoms with Crippen LogP contribution in [0.15, 0.2) is 66.7 Å². The van der Waals surface area contributed by atoms with Crippen LogP contribution in [0.25, 0.3) is 22.2 Å². The number of aryl methyl sites for hydroxylation is 1. The molecule has 0 aliphatic heterocycles. The van der Waals surface area contributed by atoms with Crippen LogP contribution in [0.2, 0.25) is 0 Å². The largest absolute Gasteiger partial charge is 0.514 e. The second kappa shape index (κ2) is 17.6. The first-order valence-corrected chi connectivity index (χ1v) is 18.8. The molecular formula is C42H56N4O4. The smallest absolute Gasteiger partial charge is 0.428 e. The van der Waals surface area contributed by atoms with Gasteiger partial charge in [-0.05, 0) is 81.8 Å². The number of anilines is 1. The van der Waals surface area contributed by atoms with E-state index in [9.17, 15) is 9.59 Å². The summed E-state index contributed by atoms with van der Waals surface area (Å²) in [6, 6.07) is 22.5. The molecule has 2 amide bonds. The first kappa shape index (κ1) is 36.9. The van der Waals surface area contributed by atoms with Crippen molar-refractivity contribution >= 4 is 28.9 Å². The van der Waals surface area contributed by atoms with E-state index in [2.05, 4.69) is 66.2 Å². The van der Waals surface area contributed by atoms with Crippen LogP contribution in [0, 0.1) is 0 Å². The Hall–Kier alpha value is -4.33. The van der Waals surface area contributed by atoms with E-state index in [1.165, 1.54) is 19.3 Å². The highest BCUT2D eigenvalue weighted by Gasteiger charge is 2.28. The SMILES string of the molecule is CCCCCCNC(=O)N(c1ccc2nc(CCCC)n(Cc3ccc(-c4ccccc4OC(=O)OC(C)(C)C)cc3)c2c1)C1CCCCC1. The average molecular weight is 681 g/mol. The van der Waals surface area contributed by atoms with E-state index in [4.69, 9.17) is 14.5 Å². The Morgan fingerprint density at radius 1 is 0.900 bits per heavy atom. The van der Waals surface area contributed by atoms with Gasteiger partial charge in [-0.2, -0.15) is 0 Å². The van der Waals surface area contributed by atoms with Gasteiger partial charge in [-0.1, -0.05) is 101 Å². The topological polar surface area (TPSA) is 85.7 Å². The van der Waals surface area contributed by atoms with E-state index in [0.717, 1.165) is 97.0 Å². The molecule has 0 saturated heterocycles. The molecule has 3 aromatic carbocycles. The summed E-state index contributed by atoms with van der Waals surface area (Å²) in [6.07, 6.45) is 12.4. The zero-order valence-electron chi connectivity index (χ0n) is 30.8. The summed E-state index contributed by atoms with van der Waals surface area (Å²) < 4.78 is 13.3. The second-order valence-electron chi connectivity index (χ2n) is 14.6. The molecule has 1 heterocycles. The standard InChI is InChI=1S/C42H56N4O4/c1-6-8-10-16-28-43-40(47)46(33-17-12-11-13-18-33)34-26-27-36-37(29-34)45(39(44-36)21-9-7-2)30-31-22-24-32(25-23-31)35-19-14-15-20-38(35)49-41(48)50-42(3,4)5/h14-15,19-20,22-27,29,33H,6-13,16-18,21,28,30H2,1-5H3,(H,43,47). The highest BCUT2D eigenvalue weighted by molar-refractivity contribution is 5.95. The van der Waals surface area contributed by atoms with Crippen molar-refractivity contribution in [2.24, 2.45) is 0 Å². The van der Waals surface area contributed by atoms with Crippen molar-refractivity contribution in [3.05, 3.63) is 78.1 Å². The quantitative estimate of drug-likeness (QED) is 0.0814. The molecule has 4 aromatic rings. The summed E-state index contributed by atoms with van der Waals surface area (Å²) in [4.78, 5) is 33.4. The Morgan fingerprint density at radius 2 is 1.64 bits per heavy atom. The van der Waals surface area contributed by atoms with E-state index in [-0.39, 0.29) is 12.1 Å². The first-order chi connectivity index (χ1) is 24.2. The fraction of sp³-hybridized carbons (Fsp3) is 0.500. The van der Waals surface area contributed by atoms with Crippen LogP contribution in [0.3, 0.4) is 0 Å². The lowest BCUT2D eigenvalue weighted by atomic mass is 9.94. The summed E-state index contributed by atoms with van der Waals surface area (Å²) in [6.45, 7) is 11.2. The highest BCUT2D eigenvalue weighted by Crippen LogP contribution is 2.33. The van der Waals surface area contributed by atoms with Gasteiger partial charge in [0.15, 0.2) is 0 Å². The molecule has 1 aliphatic carbocycles. The number of aromatic nitrogens is 2. The van der Waals surface area contributed by atoms with Gasteiger partial charge in [0.2, 0.25) is 0 Å². The lowest BCUT2D eigenvalue weighted by Gasteiger charge is -2.34. The number of hydrogen-bond donors (Lipinski definition) is 1. The van der Waals surface area contributed by atoms with Crippen molar-refractivity contribution < 1.29 is 19.1 Å². The van der Waals surface area contributed by atoms with Crippen LogP contribution in [-0.4, -0.2) is 39.9 Å². The third-order valence-corrected chi connectivity index (χ3v) is 9.38. The summed E-state index contributed by atoms with van der Waals surface area (Å²) in [5.74, 6) is 1.51. The van der Waals surface area contributed by atoms with E-state index < -0.39 is 11.8 Å². The molecule has 0 spiro atoms. The van der Waals surface area contributed by atoms with Crippen molar-refractivity contribution in [1.82, 2.24) is 14.9 Å². The summed E-state index contributed by atoms with van der Waals surface area (Å²) >= 11 is 0. The van der Waals surface area contributed by atoms with Gasteiger partial charge < -0.3 is 19.4 Å². The van der Waals surface area contributed by atoms with Crippen LogP contribution in [0.1, 0.15) is 117 Å². The van der Waals surface area contributed by atoms with Crippen molar-refractivity contribution in [1.29, 1.82) is 0 Å². The molecule has 1 aliphatic rings. The highest BCUT2D eigenvalue weighted by atomic mass is 16.7. The number of ether oxygens (including phenoxy) is 2. The number of unbranched alkanes of at least 4 members (excludes halogenated alkanes) is 4. The lowest BCUT2D eigenvalue weighted by molar-refractivity contribution is 0.0207. The van der Waals surface area contributed by atoms with Gasteiger partial charge in [-0.3, -0.25) is 4.90 Å². The molecule has 1 saturated carbocycles. The number of amides is 2. The Morgan fingerprint density at radius 3 is 2.36 bits per heavy atom. The number of fused-ring (bicyclic) bond motifs is 1. The van der Waals surface area contributed by atoms with E-state index in [1.807, 2.05) is 43.9 Å². The van der Waals surface area contributed by atoms with Gasteiger partial charge in [-0.15, -0.1) is 0 Å². The summed E-state index contributed by atoms with van der Waals surface area (Å²) in [5.41, 5.74) is 5.19. The van der Waals surface area contributed by atoms with Crippen LogP contribution in [0.5, 0.6) is 5.75 Å². The fourth-order valence-corrected chi connectivity index (χ4v) is 6.81. The molecule has 1 aromatic heterocycles. The van der Waals surface area contributed by atoms with Crippen molar-refractivity contribution in [3.63, 3.8) is 0 Å². The predicted octanol–water partition coefficient (Wildman–Crippen LogP) is 10.8. The van der Waals surface area contributed by atoms with Gasteiger partial charge in [0.05, 0.1) is 11.0 Å². The van der Waals surface area contributed by atoms with Crippen LogP contribution < -0.4 is 15.0 Å². The zero-order chi connectivity index (χ0) is 35.5. The first-order valence-electron chi connectivity index (χ1n) is 18.8. The fourth-order valence-electron chi connectivity index (χ4n) is 6.81. The van der Waals surface area contributed by atoms with Crippen molar-refractivity contribution in [3.8, 4) is 16.9 Å². The normalized spacial score (nSPS) is 13.7. The number of nitrogens with one attached hydrogen (secondary N) is 1. The van der Waals surface area contributed by atoms with Gasteiger partial charge >= 0.3 is 12.2 Å². The minimum absolute atomic E-state index is 0.0107. The Kier molecular flexibility index (Phi) is 13.0. The Balaban J connectivity index is 1.42. The molecule has 50 heavy (non-hydrogen) atoms. The average Bonchev–Trinajstić information content (AvgIpc) is 3.43. The molecule has 0 bridgehead atoms. The Labute approximate surface area is 298 Å². The molecule has 5 rings (SSSR count). The summed E-state index contributed by atoms with van der Waals surface area (Å²) in [5, 5.41) is 3.25. The third-order valence-electron chi connectivity index (χ3n) is 9.38. The van der Waals surface area contributed by atoms with E-state index in [0.29, 0.717) is 18.8 Å². The minimum Gasteiger partial charge on any atom is -0.428 e. The van der Waals surface area contributed by atoms with Gasteiger partial charge in [0.1, 0.15) is 17.2 Å².